The van der Waals surface area contributed by atoms with Crippen LogP contribution in [0, 0.1) is 11.3 Å². The fourth-order valence-corrected chi connectivity index (χ4v) is 4.58. The molecule has 9 nitrogen and oxygen atoms in total. The summed E-state index contributed by atoms with van der Waals surface area (Å²) in [4.78, 5) is 20.9. The van der Waals surface area contributed by atoms with Crippen molar-refractivity contribution in [3.63, 3.8) is 0 Å². The summed E-state index contributed by atoms with van der Waals surface area (Å²) in [5, 5.41) is 23.1. The molecule has 3 aromatic rings. The molecule has 1 N–H and O–H groups in total. The van der Waals surface area contributed by atoms with Gasteiger partial charge >= 0.3 is 0 Å². The molecular formula is C27H30ClN5O4. The maximum atomic E-state index is 12.4. The lowest BCUT2D eigenvalue weighted by Gasteiger charge is -2.37. The Morgan fingerprint density at radius 1 is 1.16 bits per heavy atom. The SMILES string of the molecule is CC(C)Oc1ccc(-c2nc(-c3ccc4c(c3)CCN(CC(=O)N3CC(O)C3)CC4)no2)cc1C#N.Cl. The second kappa shape index (κ2) is 11.3. The van der Waals surface area contributed by atoms with Gasteiger partial charge in [-0.1, -0.05) is 17.3 Å². The van der Waals surface area contributed by atoms with Crippen LogP contribution < -0.4 is 4.74 Å². The number of hydrogen-bond donors (Lipinski definition) is 1. The molecule has 0 unspecified atom stereocenters. The van der Waals surface area contributed by atoms with Crippen molar-refractivity contribution in [2.75, 3.05) is 32.7 Å². The quantitative estimate of drug-likeness (QED) is 0.524. The van der Waals surface area contributed by atoms with Gasteiger partial charge < -0.3 is 19.3 Å². The van der Waals surface area contributed by atoms with E-state index in [4.69, 9.17) is 9.26 Å². The first kappa shape index (κ1) is 26.6. The molecule has 1 fully saturated rings. The van der Waals surface area contributed by atoms with Crippen molar-refractivity contribution >= 4 is 18.3 Å². The molecule has 0 aliphatic carbocycles. The third-order valence-electron chi connectivity index (χ3n) is 6.57. The standard InChI is InChI=1S/C27H29N5O4.ClH/c1-17(2)35-24-6-5-21(12-22(24)13-28)27-29-26(30-36-27)20-4-3-18-7-9-31(10-8-19(18)11-20)16-25(34)32-14-23(33)15-32;/h3-6,11-12,17,23,33H,7-10,14-16H2,1-2H3;1H. The predicted octanol–water partition coefficient (Wildman–Crippen LogP) is 3.09. The van der Waals surface area contributed by atoms with Crippen molar-refractivity contribution in [2.24, 2.45) is 0 Å². The molecule has 2 aliphatic rings. The van der Waals surface area contributed by atoms with Crippen molar-refractivity contribution in [3.8, 4) is 34.7 Å². The Hall–Kier alpha value is -3.45. The van der Waals surface area contributed by atoms with Crippen molar-refractivity contribution in [1.29, 1.82) is 5.26 Å². The minimum Gasteiger partial charge on any atom is -0.490 e. The van der Waals surface area contributed by atoms with Crippen LogP contribution in [0.4, 0.5) is 0 Å². The highest BCUT2D eigenvalue weighted by atomic mass is 35.5. The van der Waals surface area contributed by atoms with Gasteiger partial charge in [0.25, 0.3) is 5.89 Å². The Kier molecular flexibility index (Phi) is 8.13. The molecule has 2 aliphatic heterocycles. The number of fused-ring (bicyclic) bond motifs is 1. The van der Waals surface area contributed by atoms with E-state index in [2.05, 4.69) is 33.2 Å². The number of aromatic nitrogens is 2. The van der Waals surface area contributed by atoms with Gasteiger partial charge in [-0.2, -0.15) is 10.2 Å². The summed E-state index contributed by atoms with van der Waals surface area (Å²) in [7, 11) is 0. The number of ether oxygens (including phenoxy) is 1. The molecule has 1 saturated heterocycles. The van der Waals surface area contributed by atoms with Crippen LogP contribution in [0.15, 0.2) is 40.9 Å². The first-order valence-electron chi connectivity index (χ1n) is 12.2. The summed E-state index contributed by atoms with van der Waals surface area (Å²) in [6.45, 7) is 6.70. The molecule has 3 heterocycles. The van der Waals surface area contributed by atoms with Crippen LogP contribution in [-0.2, 0) is 17.6 Å². The molecule has 0 bridgehead atoms. The summed E-state index contributed by atoms with van der Waals surface area (Å²) in [6.07, 6.45) is 1.28. The number of carbonyl (C=O) groups is 1. The number of likely N-dealkylation sites (tertiary alicyclic amines) is 1. The fourth-order valence-electron chi connectivity index (χ4n) is 4.58. The van der Waals surface area contributed by atoms with Crippen LogP contribution in [0.3, 0.4) is 0 Å². The number of aliphatic hydroxyl groups excluding tert-OH is 1. The van der Waals surface area contributed by atoms with Crippen LogP contribution in [0.5, 0.6) is 5.75 Å². The summed E-state index contributed by atoms with van der Waals surface area (Å²) in [5.41, 5.74) is 4.42. The van der Waals surface area contributed by atoms with E-state index >= 15 is 0 Å². The second-order valence-corrected chi connectivity index (χ2v) is 9.62. The first-order valence-corrected chi connectivity index (χ1v) is 12.2. The minimum atomic E-state index is -0.377. The van der Waals surface area contributed by atoms with Gasteiger partial charge in [0, 0.05) is 37.3 Å². The summed E-state index contributed by atoms with van der Waals surface area (Å²) in [5.74, 6) is 1.43. The van der Waals surface area contributed by atoms with Gasteiger partial charge in [-0.05, 0) is 62.1 Å². The number of nitriles is 1. The number of β-amino-alcohol motifs (C(OH)–C–C–N with tert-alkyl or cyclic N) is 1. The number of hydrogen-bond acceptors (Lipinski definition) is 8. The smallest absolute Gasteiger partial charge is 0.258 e. The molecule has 10 heteroatoms. The average Bonchev–Trinajstić information content (AvgIpc) is 3.25. The third-order valence-corrected chi connectivity index (χ3v) is 6.57. The zero-order valence-corrected chi connectivity index (χ0v) is 21.7. The van der Waals surface area contributed by atoms with E-state index in [-0.39, 0.29) is 30.5 Å². The highest BCUT2D eigenvalue weighted by molar-refractivity contribution is 5.85. The van der Waals surface area contributed by atoms with E-state index in [1.54, 1.807) is 17.0 Å². The summed E-state index contributed by atoms with van der Waals surface area (Å²) < 4.78 is 11.2. The second-order valence-electron chi connectivity index (χ2n) is 9.62. The lowest BCUT2D eigenvalue weighted by atomic mass is 10.00. The molecule has 0 spiro atoms. The topological polar surface area (TPSA) is 116 Å². The van der Waals surface area contributed by atoms with Gasteiger partial charge in [0.2, 0.25) is 11.7 Å². The Labute approximate surface area is 222 Å². The van der Waals surface area contributed by atoms with Crippen molar-refractivity contribution < 1.29 is 19.2 Å². The lowest BCUT2D eigenvalue weighted by Crippen LogP contribution is -2.56. The number of benzene rings is 2. The monoisotopic (exact) mass is 523 g/mol. The number of amides is 1. The fraction of sp³-hybridized carbons (Fsp3) is 0.407. The summed E-state index contributed by atoms with van der Waals surface area (Å²) in [6, 6.07) is 13.6. The van der Waals surface area contributed by atoms with Crippen LogP contribution >= 0.6 is 12.4 Å². The van der Waals surface area contributed by atoms with Gasteiger partial charge in [-0.25, -0.2) is 0 Å². The molecular weight excluding hydrogens is 494 g/mol. The molecule has 1 aromatic heterocycles. The molecule has 37 heavy (non-hydrogen) atoms. The van der Waals surface area contributed by atoms with Crippen LogP contribution in [0.25, 0.3) is 22.8 Å². The predicted molar refractivity (Wildman–Crippen MR) is 139 cm³/mol. The van der Waals surface area contributed by atoms with E-state index in [0.29, 0.717) is 48.2 Å². The Morgan fingerprint density at radius 2 is 1.89 bits per heavy atom. The van der Waals surface area contributed by atoms with Crippen molar-refractivity contribution in [1.82, 2.24) is 19.9 Å². The molecule has 0 radical (unpaired) electrons. The lowest BCUT2D eigenvalue weighted by molar-refractivity contribution is -0.142. The maximum absolute atomic E-state index is 12.4. The number of aliphatic hydroxyl groups is 1. The van der Waals surface area contributed by atoms with Gasteiger partial charge in [0.15, 0.2) is 0 Å². The van der Waals surface area contributed by atoms with E-state index < -0.39 is 0 Å². The minimum absolute atomic E-state index is 0. The highest BCUT2D eigenvalue weighted by Crippen LogP contribution is 2.29. The van der Waals surface area contributed by atoms with Crippen LogP contribution in [-0.4, -0.2) is 75.9 Å². The van der Waals surface area contributed by atoms with E-state index in [1.165, 1.54) is 11.1 Å². The average molecular weight is 524 g/mol. The van der Waals surface area contributed by atoms with E-state index in [9.17, 15) is 15.2 Å². The molecule has 0 saturated carbocycles. The number of carbonyl (C=O) groups excluding carboxylic acids is 1. The number of rotatable bonds is 6. The molecule has 194 valence electrons. The van der Waals surface area contributed by atoms with Gasteiger partial charge in [-0.15, -0.1) is 12.4 Å². The van der Waals surface area contributed by atoms with Gasteiger partial charge in [-0.3, -0.25) is 9.69 Å². The molecule has 5 rings (SSSR count). The van der Waals surface area contributed by atoms with E-state index in [1.807, 2.05) is 26.0 Å². The Balaban J connectivity index is 0.00000320. The molecule has 2 aromatic carbocycles. The normalized spacial score (nSPS) is 15.8. The molecule has 0 atom stereocenters. The zero-order chi connectivity index (χ0) is 25.2. The first-order chi connectivity index (χ1) is 17.4. The number of halogens is 1. The third kappa shape index (κ3) is 5.93. The maximum Gasteiger partial charge on any atom is 0.258 e. The van der Waals surface area contributed by atoms with Gasteiger partial charge in [0.1, 0.15) is 11.8 Å². The largest absolute Gasteiger partial charge is 0.490 e. The number of nitrogens with zero attached hydrogens (tertiary/aromatic N) is 5. The van der Waals surface area contributed by atoms with E-state index in [0.717, 1.165) is 31.5 Å². The highest BCUT2D eigenvalue weighted by Gasteiger charge is 2.30. The van der Waals surface area contributed by atoms with Crippen molar-refractivity contribution in [2.45, 2.75) is 38.9 Å². The van der Waals surface area contributed by atoms with Gasteiger partial charge in [0.05, 0.1) is 24.3 Å². The Morgan fingerprint density at radius 3 is 2.59 bits per heavy atom. The Bertz CT molecular complexity index is 1310. The van der Waals surface area contributed by atoms with Crippen molar-refractivity contribution in [3.05, 3.63) is 53.1 Å². The zero-order valence-electron chi connectivity index (χ0n) is 20.9. The molecule has 1 amide bonds. The van der Waals surface area contributed by atoms with Crippen LogP contribution in [0.1, 0.15) is 30.5 Å². The van der Waals surface area contributed by atoms with Crippen LogP contribution in [0.2, 0.25) is 0 Å². The summed E-state index contributed by atoms with van der Waals surface area (Å²) >= 11 is 0.